The Balaban J connectivity index is 1.74. The average Bonchev–Trinajstić information content (AvgIpc) is 3.28. The van der Waals surface area contributed by atoms with Crippen molar-refractivity contribution in [3.05, 3.63) is 66.7 Å². The highest BCUT2D eigenvalue weighted by molar-refractivity contribution is 6.16. The SMILES string of the molecule is COc1cc(OC)c2c(-c3ccc4[nH]c5cc(OC)cc(OC)c5c4c3)c3ccccc3nc2c1. The summed E-state index contributed by atoms with van der Waals surface area (Å²) in [4.78, 5) is 8.43. The van der Waals surface area contributed by atoms with E-state index in [0.717, 1.165) is 66.2 Å². The van der Waals surface area contributed by atoms with Crippen LogP contribution in [0.25, 0.3) is 54.7 Å². The van der Waals surface area contributed by atoms with Crippen LogP contribution in [0.5, 0.6) is 23.0 Å². The second-order valence-corrected chi connectivity index (χ2v) is 8.37. The predicted molar refractivity (Wildman–Crippen MR) is 140 cm³/mol. The van der Waals surface area contributed by atoms with E-state index in [1.807, 2.05) is 42.5 Å². The lowest BCUT2D eigenvalue weighted by atomic mass is 9.94. The van der Waals surface area contributed by atoms with Gasteiger partial charge in [-0.3, -0.25) is 0 Å². The molecule has 0 spiro atoms. The van der Waals surface area contributed by atoms with Crippen LogP contribution in [0.1, 0.15) is 0 Å². The van der Waals surface area contributed by atoms with Crippen molar-refractivity contribution in [2.24, 2.45) is 0 Å². The second-order valence-electron chi connectivity index (χ2n) is 8.37. The third-order valence-corrected chi connectivity index (χ3v) is 6.55. The Labute approximate surface area is 202 Å². The molecule has 6 aromatic rings. The van der Waals surface area contributed by atoms with Gasteiger partial charge in [-0.2, -0.15) is 0 Å². The minimum absolute atomic E-state index is 0.703. The monoisotopic (exact) mass is 464 g/mol. The van der Waals surface area contributed by atoms with Crippen LogP contribution in [-0.4, -0.2) is 38.4 Å². The zero-order valence-electron chi connectivity index (χ0n) is 19.9. The minimum Gasteiger partial charge on any atom is -0.497 e. The zero-order valence-corrected chi connectivity index (χ0v) is 19.9. The number of H-pyrrole nitrogens is 1. The van der Waals surface area contributed by atoms with Crippen LogP contribution in [0.4, 0.5) is 0 Å². The van der Waals surface area contributed by atoms with Crippen molar-refractivity contribution in [2.45, 2.75) is 0 Å². The van der Waals surface area contributed by atoms with Gasteiger partial charge in [0.05, 0.1) is 50.4 Å². The normalized spacial score (nSPS) is 11.4. The third-order valence-electron chi connectivity index (χ3n) is 6.55. The number of para-hydroxylation sites is 1. The Bertz CT molecular complexity index is 1750. The van der Waals surface area contributed by atoms with Gasteiger partial charge in [0.2, 0.25) is 0 Å². The summed E-state index contributed by atoms with van der Waals surface area (Å²) >= 11 is 0. The van der Waals surface area contributed by atoms with Gasteiger partial charge in [0.15, 0.2) is 0 Å². The fourth-order valence-corrected chi connectivity index (χ4v) is 4.95. The van der Waals surface area contributed by atoms with E-state index >= 15 is 0 Å². The average molecular weight is 465 g/mol. The highest BCUT2D eigenvalue weighted by Gasteiger charge is 2.19. The van der Waals surface area contributed by atoms with Crippen molar-refractivity contribution in [1.82, 2.24) is 9.97 Å². The smallest absolute Gasteiger partial charge is 0.132 e. The molecule has 0 saturated heterocycles. The molecule has 0 aliphatic rings. The number of fused-ring (bicyclic) bond motifs is 5. The van der Waals surface area contributed by atoms with E-state index in [2.05, 4.69) is 29.2 Å². The maximum Gasteiger partial charge on any atom is 0.132 e. The molecule has 174 valence electrons. The van der Waals surface area contributed by atoms with Crippen molar-refractivity contribution in [1.29, 1.82) is 0 Å². The summed E-state index contributed by atoms with van der Waals surface area (Å²) in [5, 5.41) is 4.08. The number of hydrogen-bond acceptors (Lipinski definition) is 5. The number of nitrogens with zero attached hydrogens (tertiary/aromatic N) is 1. The van der Waals surface area contributed by atoms with Crippen molar-refractivity contribution < 1.29 is 18.9 Å². The maximum atomic E-state index is 5.83. The molecule has 0 bridgehead atoms. The van der Waals surface area contributed by atoms with Gasteiger partial charge in [0, 0.05) is 51.5 Å². The number of pyridine rings is 1. The maximum absolute atomic E-state index is 5.83. The first-order valence-electron chi connectivity index (χ1n) is 11.3. The molecular weight excluding hydrogens is 440 g/mol. The number of aromatic nitrogens is 2. The van der Waals surface area contributed by atoms with E-state index in [1.54, 1.807) is 28.4 Å². The Hall–Kier alpha value is -4.45. The lowest BCUT2D eigenvalue weighted by Gasteiger charge is -2.15. The molecule has 1 N–H and O–H groups in total. The van der Waals surface area contributed by atoms with Gasteiger partial charge in [-0.05, 0) is 23.8 Å². The molecule has 0 amide bonds. The third kappa shape index (κ3) is 3.21. The number of benzene rings is 4. The fraction of sp³-hybridized carbons (Fsp3) is 0.138. The molecule has 6 nitrogen and oxygen atoms in total. The summed E-state index contributed by atoms with van der Waals surface area (Å²) < 4.78 is 22.5. The van der Waals surface area contributed by atoms with E-state index < -0.39 is 0 Å². The summed E-state index contributed by atoms with van der Waals surface area (Å²) in [7, 11) is 6.66. The molecule has 0 saturated carbocycles. The Morgan fingerprint density at radius 3 is 2.06 bits per heavy atom. The summed E-state index contributed by atoms with van der Waals surface area (Å²) in [5.74, 6) is 2.92. The van der Waals surface area contributed by atoms with Gasteiger partial charge in [-0.1, -0.05) is 24.3 Å². The Morgan fingerprint density at radius 1 is 0.600 bits per heavy atom. The fourth-order valence-electron chi connectivity index (χ4n) is 4.95. The first-order valence-corrected chi connectivity index (χ1v) is 11.3. The lowest BCUT2D eigenvalue weighted by Crippen LogP contribution is -1.95. The molecule has 2 heterocycles. The largest absolute Gasteiger partial charge is 0.497 e. The lowest BCUT2D eigenvalue weighted by molar-refractivity contribution is 0.397. The van der Waals surface area contributed by atoms with Crippen molar-refractivity contribution in [3.63, 3.8) is 0 Å². The first kappa shape index (κ1) is 21.1. The van der Waals surface area contributed by atoms with Crippen LogP contribution in [0.2, 0.25) is 0 Å². The molecule has 0 aliphatic heterocycles. The standard InChI is InChI=1S/C29H24N2O4/c1-32-17-12-23-28(25(14-17)34-3)20-11-16(9-10-22(20)31-23)27-19-7-5-6-8-21(19)30-24-13-18(33-2)15-26(35-4)29(24)27/h5-15,31H,1-4H3. The Kier molecular flexibility index (Phi) is 4.88. The van der Waals surface area contributed by atoms with Crippen molar-refractivity contribution in [2.75, 3.05) is 28.4 Å². The quantitative estimate of drug-likeness (QED) is 0.287. The van der Waals surface area contributed by atoms with Gasteiger partial charge >= 0.3 is 0 Å². The molecule has 2 aromatic heterocycles. The molecule has 0 aliphatic carbocycles. The minimum atomic E-state index is 0.703. The molecule has 0 unspecified atom stereocenters. The van der Waals surface area contributed by atoms with Gasteiger partial charge in [-0.25, -0.2) is 4.98 Å². The number of aromatic amines is 1. The van der Waals surface area contributed by atoms with E-state index in [0.29, 0.717) is 11.5 Å². The highest BCUT2D eigenvalue weighted by Crippen LogP contribution is 2.44. The van der Waals surface area contributed by atoms with E-state index in [9.17, 15) is 0 Å². The van der Waals surface area contributed by atoms with Crippen LogP contribution >= 0.6 is 0 Å². The predicted octanol–water partition coefficient (Wildman–Crippen LogP) is 6.72. The summed E-state index contributed by atoms with van der Waals surface area (Å²) in [5.41, 5.74) is 5.83. The first-order chi connectivity index (χ1) is 17.1. The van der Waals surface area contributed by atoms with Crippen LogP contribution in [0.15, 0.2) is 66.7 Å². The van der Waals surface area contributed by atoms with E-state index in [-0.39, 0.29) is 0 Å². The van der Waals surface area contributed by atoms with Crippen LogP contribution in [-0.2, 0) is 0 Å². The summed E-state index contributed by atoms with van der Waals surface area (Å²) in [6, 6.07) is 22.4. The highest BCUT2D eigenvalue weighted by atomic mass is 16.5. The van der Waals surface area contributed by atoms with Gasteiger partial charge in [-0.15, -0.1) is 0 Å². The van der Waals surface area contributed by atoms with Crippen LogP contribution in [0.3, 0.4) is 0 Å². The molecule has 0 fully saturated rings. The van der Waals surface area contributed by atoms with E-state index in [4.69, 9.17) is 23.9 Å². The van der Waals surface area contributed by atoms with Gasteiger partial charge in [0.1, 0.15) is 23.0 Å². The zero-order chi connectivity index (χ0) is 24.1. The van der Waals surface area contributed by atoms with Crippen molar-refractivity contribution in [3.8, 4) is 34.1 Å². The molecule has 6 heteroatoms. The molecule has 0 atom stereocenters. The number of methoxy groups -OCH3 is 4. The molecule has 4 aromatic carbocycles. The topological polar surface area (TPSA) is 65.6 Å². The molecule has 35 heavy (non-hydrogen) atoms. The summed E-state index contributed by atoms with van der Waals surface area (Å²) in [6.45, 7) is 0. The molecular formula is C29H24N2O4. The molecule has 6 rings (SSSR count). The van der Waals surface area contributed by atoms with E-state index in [1.165, 1.54) is 0 Å². The molecule has 0 radical (unpaired) electrons. The number of rotatable bonds is 5. The summed E-state index contributed by atoms with van der Waals surface area (Å²) in [6.07, 6.45) is 0. The number of hydrogen-bond donors (Lipinski definition) is 1. The Morgan fingerprint density at radius 2 is 1.31 bits per heavy atom. The van der Waals surface area contributed by atoms with Gasteiger partial charge in [0.25, 0.3) is 0 Å². The van der Waals surface area contributed by atoms with Crippen LogP contribution in [0, 0.1) is 0 Å². The van der Waals surface area contributed by atoms with Crippen molar-refractivity contribution >= 4 is 43.6 Å². The van der Waals surface area contributed by atoms with Gasteiger partial charge < -0.3 is 23.9 Å². The number of ether oxygens (including phenoxy) is 4. The second kappa shape index (κ2) is 8.09. The van der Waals surface area contributed by atoms with Crippen LogP contribution < -0.4 is 18.9 Å². The number of nitrogens with one attached hydrogen (secondary N) is 1.